The van der Waals surface area contributed by atoms with E-state index in [2.05, 4.69) is 41.5 Å². The normalized spacial score (nSPS) is 15.4. The van der Waals surface area contributed by atoms with Gasteiger partial charge in [-0.2, -0.15) is 0 Å². The van der Waals surface area contributed by atoms with Crippen LogP contribution in [0, 0.1) is 0 Å². The third-order valence-corrected chi connectivity index (χ3v) is 5.21. The molecule has 2 heteroatoms. The molecule has 1 aliphatic rings. The molecule has 1 aliphatic carbocycles. The summed E-state index contributed by atoms with van der Waals surface area (Å²) in [4.78, 5) is 25.5. The fourth-order valence-electron chi connectivity index (χ4n) is 3.41. The Labute approximate surface area is 168 Å². The largest absolute Gasteiger partial charge is 0.289 e. The van der Waals surface area contributed by atoms with Crippen LogP contribution in [0.25, 0.3) is 11.1 Å². The molecule has 0 atom stereocenters. The van der Waals surface area contributed by atoms with Crippen LogP contribution in [0.15, 0.2) is 60.7 Å². The molecule has 0 heterocycles. The zero-order valence-corrected chi connectivity index (χ0v) is 17.6. The highest BCUT2D eigenvalue weighted by Crippen LogP contribution is 2.34. The van der Waals surface area contributed by atoms with Gasteiger partial charge in [-0.3, -0.25) is 9.59 Å². The molecule has 2 nitrogen and oxygen atoms in total. The molecule has 0 radical (unpaired) electrons. The molecule has 144 valence electrons. The Balaban J connectivity index is 2.13. The first-order chi connectivity index (χ1) is 13.0. The van der Waals surface area contributed by atoms with E-state index >= 15 is 0 Å². The van der Waals surface area contributed by atoms with Gasteiger partial charge in [-0.1, -0.05) is 90.1 Å². The molecule has 0 amide bonds. The van der Waals surface area contributed by atoms with Crippen molar-refractivity contribution in [3.8, 4) is 0 Å². The predicted octanol–water partition coefficient (Wildman–Crippen LogP) is 5.90. The smallest absolute Gasteiger partial charge is 0.187 e. The van der Waals surface area contributed by atoms with E-state index in [4.69, 9.17) is 0 Å². The van der Waals surface area contributed by atoms with Gasteiger partial charge in [0.25, 0.3) is 0 Å². The van der Waals surface area contributed by atoms with Gasteiger partial charge < -0.3 is 0 Å². The van der Waals surface area contributed by atoms with Crippen molar-refractivity contribution in [3.63, 3.8) is 0 Å². The van der Waals surface area contributed by atoms with Crippen LogP contribution >= 0.6 is 0 Å². The quantitative estimate of drug-likeness (QED) is 0.615. The SMILES string of the molecule is CC(C)(C)c1ccc(C2=C(c3ccc(C(C)(C)C)cc3)C(=O)C=CC2=O)cc1. The third kappa shape index (κ3) is 3.91. The van der Waals surface area contributed by atoms with Gasteiger partial charge in [0.15, 0.2) is 11.6 Å². The number of allylic oxidation sites excluding steroid dienone is 4. The van der Waals surface area contributed by atoms with Gasteiger partial charge in [-0.05, 0) is 45.2 Å². The van der Waals surface area contributed by atoms with Gasteiger partial charge in [-0.15, -0.1) is 0 Å². The lowest BCUT2D eigenvalue weighted by Gasteiger charge is -2.21. The van der Waals surface area contributed by atoms with Crippen molar-refractivity contribution in [1.29, 1.82) is 0 Å². The van der Waals surface area contributed by atoms with Crippen LogP contribution in [-0.4, -0.2) is 11.6 Å². The molecule has 0 saturated carbocycles. The minimum absolute atomic E-state index is 0.0326. The number of hydrogen-bond donors (Lipinski definition) is 0. The molecule has 0 aromatic heterocycles. The fraction of sp³-hybridized carbons (Fsp3) is 0.308. The molecule has 0 unspecified atom stereocenters. The number of carbonyl (C=O) groups is 2. The topological polar surface area (TPSA) is 34.1 Å². The maximum Gasteiger partial charge on any atom is 0.187 e. The zero-order chi connectivity index (χ0) is 20.7. The van der Waals surface area contributed by atoms with Gasteiger partial charge in [0.05, 0.1) is 0 Å². The van der Waals surface area contributed by atoms with Gasteiger partial charge >= 0.3 is 0 Å². The number of benzene rings is 2. The van der Waals surface area contributed by atoms with Crippen molar-refractivity contribution >= 4 is 22.7 Å². The molecule has 0 saturated heterocycles. The highest BCUT2D eigenvalue weighted by atomic mass is 16.1. The average molecular weight is 373 g/mol. The van der Waals surface area contributed by atoms with E-state index < -0.39 is 0 Å². The van der Waals surface area contributed by atoms with Crippen LogP contribution < -0.4 is 0 Å². The maximum atomic E-state index is 12.7. The van der Waals surface area contributed by atoms with Crippen LogP contribution in [-0.2, 0) is 20.4 Å². The van der Waals surface area contributed by atoms with Gasteiger partial charge in [-0.25, -0.2) is 0 Å². The Morgan fingerprint density at radius 2 is 0.786 bits per heavy atom. The van der Waals surface area contributed by atoms with Crippen molar-refractivity contribution in [2.45, 2.75) is 52.4 Å². The van der Waals surface area contributed by atoms with E-state index in [1.54, 1.807) is 0 Å². The summed E-state index contributed by atoms with van der Waals surface area (Å²) in [6, 6.07) is 16.0. The summed E-state index contributed by atoms with van der Waals surface area (Å²) in [6.07, 6.45) is 2.75. The van der Waals surface area contributed by atoms with E-state index in [1.807, 2.05) is 48.5 Å². The summed E-state index contributed by atoms with van der Waals surface area (Å²) >= 11 is 0. The van der Waals surface area contributed by atoms with Crippen molar-refractivity contribution < 1.29 is 9.59 Å². The van der Waals surface area contributed by atoms with Crippen molar-refractivity contribution in [1.82, 2.24) is 0 Å². The van der Waals surface area contributed by atoms with Crippen molar-refractivity contribution in [2.24, 2.45) is 0 Å². The summed E-state index contributed by atoms with van der Waals surface area (Å²) in [5.74, 6) is -0.254. The van der Waals surface area contributed by atoms with Gasteiger partial charge in [0.1, 0.15) is 0 Å². The molecule has 28 heavy (non-hydrogen) atoms. The number of rotatable bonds is 2. The zero-order valence-electron chi connectivity index (χ0n) is 17.6. The molecular formula is C26H28O2. The second kappa shape index (κ2) is 7.01. The second-order valence-corrected chi connectivity index (χ2v) is 9.47. The van der Waals surface area contributed by atoms with Crippen LogP contribution in [0.3, 0.4) is 0 Å². The minimum Gasteiger partial charge on any atom is -0.289 e. The van der Waals surface area contributed by atoms with Crippen LogP contribution in [0.1, 0.15) is 63.8 Å². The highest BCUT2D eigenvalue weighted by Gasteiger charge is 2.26. The number of ketones is 2. The minimum atomic E-state index is -0.127. The summed E-state index contributed by atoms with van der Waals surface area (Å²) in [7, 11) is 0. The fourth-order valence-corrected chi connectivity index (χ4v) is 3.41. The summed E-state index contributed by atoms with van der Waals surface area (Å²) in [5, 5.41) is 0. The molecule has 2 aromatic carbocycles. The first-order valence-electron chi connectivity index (χ1n) is 9.71. The standard InChI is InChI=1S/C26H28O2/c1-25(2,3)19-11-7-17(8-12-19)23-21(27)15-16-22(28)24(23)18-9-13-20(14-10-18)26(4,5)6/h7-16H,1-6H3. The van der Waals surface area contributed by atoms with E-state index in [-0.39, 0.29) is 22.4 Å². The molecule has 0 bridgehead atoms. The first-order valence-corrected chi connectivity index (χ1v) is 9.71. The third-order valence-electron chi connectivity index (χ3n) is 5.21. The highest BCUT2D eigenvalue weighted by molar-refractivity contribution is 6.48. The lowest BCUT2D eigenvalue weighted by molar-refractivity contribution is -0.112. The Morgan fingerprint density at radius 1 is 0.500 bits per heavy atom. The van der Waals surface area contributed by atoms with E-state index in [1.165, 1.54) is 23.3 Å². The molecule has 0 fully saturated rings. The Bertz CT molecular complexity index is 889. The van der Waals surface area contributed by atoms with Crippen LogP contribution in [0.5, 0.6) is 0 Å². The van der Waals surface area contributed by atoms with E-state index in [9.17, 15) is 9.59 Å². The average Bonchev–Trinajstić information content (AvgIpc) is 2.62. The van der Waals surface area contributed by atoms with Gasteiger partial charge in [0, 0.05) is 11.1 Å². The molecule has 0 aliphatic heterocycles. The maximum absolute atomic E-state index is 12.7. The Morgan fingerprint density at radius 3 is 1.04 bits per heavy atom. The second-order valence-electron chi connectivity index (χ2n) is 9.47. The Hall–Kier alpha value is -2.74. The molecule has 3 rings (SSSR count). The number of carbonyl (C=O) groups excluding carboxylic acids is 2. The van der Waals surface area contributed by atoms with Gasteiger partial charge in [0.2, 0.25) is 0 Å². The number of hydrogen-bond acceptors (Lipinski definition) is 2. The molecule has 0 spiro atoms. The molecular weight excluding hydrogens is 344 g/mol. The monoisotopic (exact) mass is 372 g/mol. The van der Waals surface area contributed by atoms with E-state index in [0.29, 0.717) is 11.1 Å². The first kappa shape index (κ1) is 20.0. The summed E-state index contributed by atoms with van der Waals surface area (Å²) < 4.78 is 0. The van der Waals surface area contributed by atoms with Crippen molar-refractivity contribution in [3.05, 3.63) is 82.9 Å². The molecule has 0 N–H and O–H groups in total. The summed E-state index contributed by atoms with van der Waals surface area (Å²) in [6.45, 7) is 12.9. The Kier molecular flexibility index (Phi) is 5.01. The van der Waals surface area contributed by atoms with Crippen molar-refractivity contribution in [2.75, 3.05) is 0 Å². The lowest BCUT2D eigenvalue weighted by Crippen LogP contribution is -2.15. The summed E-state index contributed by atoms with van der Waals surface area (Å²) in [5.41, 5.74) is 4.98. The van der Waals surface area contributed by atoms with Crippen LogP contribution in [0.4, 0.5) is 0 Å². The predicted molar refractivity (Wildman–Crippen MR) is 116 cm³/mol. The van der Waals surface area contributed by atoms with Crippen LogP contribution in [0.2, 0.25) is 0 Å². The molecule has 2 aromatic rings. The van der Waals surface area contributed by atoms with E-state index in [0.717, 1.165) is 11.1 Å². The lowest BCUT2D eigenvalue weighted by atomic mass is 9.82.